The van der Waals surface area contributed by atoms with E-state index < -0.39 is 15.7 Å². The van der Waals surface area contributed by atoms with E-state index in [2.05, 4.69) is 4.98 Å². The molecule has 7 nitrogen and oxygen atoms in total. The molecule has 2 aromatic heterocycles. The summed E-state index contributed by atoms with van der Waals surface area (Å²) >= 11 is 0. The molecule has 0 saturated carbocycles. The number of pyridine rings is 1. The molecule has 0 spiro atoms. The average Bonchev–Trinajstić information content (AvgIpc) is 2.94. The van der Waals surface area contributed by atoms with Gasteiger partial charge in [0.2, 0.25) is 0 Å². The highest BCUT2D eigenvalue weighted by Gasteiger charge is 2.27. The van der Waals surface area contributed by atoms with E-state index in [1.54, 1.807) is 30.3 Å². The Bertz CT molecular complexity index is 1280. The zero-order valence-electron chi connectivity index (χ0n) is 13.7. The van der Waals surface area contributed by atoms with Crippen molar-refractivity contribution in [1.29, 1.82) is 0 Å². The Morgan fingerprint density at radius 2 is 1.77 bits per heavy atom. The lowest BCUT2D eigenvalue weighted by molar-refractivity contribution is 0.584. The van der Waals surface area contributed by atoms with E-state index in [9.17, 15) is 13.2 Å². The number of fused-ring (bicyclic) bond motifs is 2. The van der Waals surface area contributed by atoms with Gasteiger partial charge in [0.15, 0.2) is 5.65 Å². The van der Waals surface area contributed by atoms with E-state index in [1.807, 2.05) is 18.2 Å². The summed E-state index contributed by atoms with van der Waals surface area (Å²) in [6.45, 7) is 0.418. The molecule has 8 heteroatoms. The molecule has 0 unspecified atom stereocenters. The summed E-state index contributed by atoms with van der Waals surface area (Å²) in [5.74, 6) is 0. The highest BCUT2D eigenvalue weighted by atomic mass is 32.2. The zero-order chi connectivity index (χ0) is 18.3. The second kappa shape index (κ2) is 6.08. The van der Waals surface area contributed by atoms with Crippen LogP contribution in [-0.4, -0.2) is 28.5 Å². The normalized spacial score (nSPS) is 12.0. The maximum absolute atomic E-state index is 13.4. The number of benzene rings is 2. The molecule has 0 aliphatic carbocycles. The van der Waals surface area contributed by atoms with Crippen LogP contribution in [0.5, 0.6) is 0 Å². The quantitative estimate of drug-likeness (QED) is 0.589. The smallest absolute Gasteiger partial charge is 0.329 e. The van der Waals surface area contributed by atoms with Crippen LogP contribution < -0.4 is 11.4 Å². The Balaban J connectivity index is 2.09. The number of imidazole rings is 1. The van der Waals surface area contributed by atoms with Crippen molar-refractivity contribution in [3.63, 3.8) is 0 Å². The predicted octanol–water partition coefficient (Wildman–Crippen LogP) is 1.55. The van der Waals surface area contributed by atoms with E-state index in [1.165, 1.54) is 16.8 Å². The van der Waals surface area contributed by atoms with Gasteiger partial charge in [0.1, 0.15) is 0 Å². The summed E-state index contributed by atoms with van der Waals surface area (Å²) in [5, 5.41) is 1.33. The fourth-order valence-electron chi connectivity index (χ4n) is 3.14. The largest absolute Gasteiger partial charge is 0.344 e. The zero-order valence-corrected chi connectivity index (χ0v) is 14.6. The highest BCUT2D eigenvalue weighted by Crippen LogP contribution is 2.25. The van der Waals surface area contributed by atoms with Crippen molar-refractivity contribution >= 4 is 32.0 Å². The number of hydrogen-bond acceptors (Lipinski definition) is 5. The second-order valence-electron chi connectivity index (χ2n) is 5.82. The molecule has 0 aliphatic rings. The van der Waals surface area contributed by atoms with E-state index in [4.69, 9.17) is 5.73 Å². The Morgan fingerprint density at radius 3 is 2.58 bits per heavy atom. The molecule has 26 heavy (non-hydrogen) atoms. The number of nitrogens with zero attached hydrogens (tertiary/aromatic N) is 3. The standard InChI is InChI=1S/C18H16N4O3S/c19-10-12-21-15-8-4-11-20-17(15)22(18(21)23)26(24,25)16-9-3-6-13-5-1-2-7-14(13)16/h1-9,11H,10,12,19H2. The van der Waals surface area contributed by atoms with Crippen molar-refractivity contribution in [1.82, 2.24) is 13.5 Å². The molecule has 0 saturated heterocycles. The summed E-state index contributed by atoms with van der Waals surface area (Å²) in [6.07, 6.45) is 1.46. The van der Waals surface area contributed by atoms with Gasteiger partial charge in [-0.2, -0.15) is 3.97 Å². The lowest BCUT2D eigenvalue weighted by atomic mass is 10.1. The Hall–Kier alpha value is -2.97. The number of nitrogens with two attached hydrogens (primary N) is 1. The first-order valence-electron chi connectivity index (χ1n) is 8.05. The molecule has 2 heterocycles. The van der Waals surface area contributed by atoms with Crippen molar-refractivity contribution in [2.45, 2.75) is 11.4 Å². The maximum atomic E-state index is 13.4. The summed E-state index contributed by atoms with van der Waals surface area (Å²) < 4.78 is 28.9. The Kier molecular flexibility index (Phi) is 3.86. The lowest BCUT2D eigenvalue weighted by Crippen LogP contribution is -2.31. The van der Waals surface area contributed by atoms with E-state index in [-0.39, 0.29) is 23.6 Å². The van der Waals surface area contributed by atoms with Crippen LogP contribution in [0.15, 0.2) is 70.5 Å². The second-order valence-corrected chi connectivity index (χ2v) is 7.57. The third-order valence-electron chi connectivity index (χ3n) is 4.27. The lowest BCUT2D eigenvalue weighted by Gasteiger charge is -2.08. The van der Waals surface area contributed by atoms with Gasteiger partial charge in [-0.05, 0) is 23.6 Å². The molecule has 132 valence electrons. The van der Waals surface area contributed by atoms with Crippen LogP contribution >= 0.6 is 0 Å². The molecule has 2 aromatic carbocycles. The van der Waals surface area contributed by atoms with E-state index >= 15 is 0 Å². The first kappa shape index (κ1) is 16.5. The fourth-order valence-corrected chi connectivity index (χ4v) is 4.72. The fraction of sp³-hybridized carbons (Fsp3) is 0.111. The summed E-state index contributed by atoms with van der Waals surface area (Å²) in [5.41, 5.74) is 5.45. The van der Waals surface area contributed by atoms with Crippen molar-refractivity contribution in [3.8, 4) is 0 Å². The van der Waals surface area contributed by atoms with Crippen LogP contribution in [0, 0.1) is 0 Å². The summed E-state index contributed by atoms with van der Waals surface area (Å²) in [6, 6.07) is 15.4. The minimum atomic E-state index is -4.14. The number of rotatable bonds is 4. The van der Waals surface area contributed by atoms with Crippen molar-refractivity contribution in [2.75, 3.05) is 6.54 Å². The van der Waals surface area contributed by atoms with Gasteiger partial charge < -0.3 is 5.73 Å². The van der Waals surface area contributed by atoms with Crippen LogP contribution in [0.2, 0.25) is 0 Å². The van der Waals surface area contributed by atoms with Gasteiger partial charge in [-0.25, -0.2) is 18.2 Å². The van der Waals surface area contributed by atoms with E-state index in [0.717, 1.165) is 9.36 Å². The summed E-state index contributed by atoms with van der Waals surface area (Å²) in [4.78, 5) is 17.1. The molecule has 0 amide bonds. The predicted molar refractivity (Wildman–Crippen MR) is 99.6 cm³/mol. The third-order valence-corrected chi connectivity index (χ3v) is 6.00. The first-order chi connectivity index (χ1) is 12.6. The van der Waals surface area contributed by atoms with E-state index in [0.29, 0.717) is 10.9 Å². The topological polar surface area (TPSA) is 100.0 Å². The van der Waals surface area contributed by atoms with Gasteiger partial charge in [-0.15, -0.1) is 0 Å². The molecule has 0 radical (unpaired) electrons. The molecule has 0 fully saturated rings. The molecule has 0 atom stereocenters. The first-order valence-corrected chi connectivity index (χ1v) is 9.49. The van der Waals surface area contributed by atoms with Gasteiger partial charge in [0.25, 0.3) is 10.0 Å². The van der Waals surface area contributed by atoms with Gasteiger partial charge in [-0.1, -0.05) is 36.4 Å². The summed E-state index contributed by atoms with van der Waals surface area (Å²) in [7, 11) is -4.14. The molecule has 0 aliphatic heterocycles. The highest BCUT2D eigenvalue weighted by molar-refractivity contribution is 7.90. The van der Waals surface area contributed by atoms with Gasteiger partial charge >= 0.3 is 5.69 Å². The van der Waals surface area contributed by atoms with Crippen molar-refractivity contribution in [3.05, 3.63) is 71.3 Å². The Morgan fingerprint density at radius 1 is 1.00 bits per heavy atom. The number of aromatic nitrogens is 3. The minimum Gasteiger partial charge on any atom is -0.329 e. The molecule has 4 aromatic rings. The van der Waals surface area contributed by atoms with Crippen LogP contribution in [0.25, 0.3) is 21.9 Å². The van der Waals surface area contributed by atoms with Crippen LogP contribution in [0.1, 0.15) is 0 Å². The maximum Gasteiger partial charge on any atom is 0.344 e. The molecule has 0 bridgehead atoms. The van der Waals surface area contributed by atoms with Gasteiger partial charge in [-0.3, -0.25) is 4.57 Å². The third kappa shape index (κ3) is 2.34. The van der Waals surface area contributed by atoms with Crippen molar-refractivity contribution in [2.24, 2.45) is 5.73 Å². The van der Waals surface area contributed by atoms with Crippen LogP contribution in [0.3, 0.4) is 0 Å². The average molecular weight is 368 g/mol. The van der Waals surface area contributed by atoms with Gasteiger partial charge in [0.05, 0.1) is 10.4 Å². The molecule has 4 rings (SSSR count). The molecular weight excluding hydrogens is 352 g/mol. The van der Waals surface area contributed by atoms with Crippen LogP contribution in [-0.2, 0) is 16.6 Å². The molecule has 2 N–H and O–H groups in total. The SMILES string of the molecule is NCCn1c(=O)n(S(=O)(=O)c2cccc3ccccc23)c2ncccc21. The van der Waals surface area contributed by atoms with Crippen LogP contribution in [0.4, 0.5) is 0 Å². The monoisotopic (exact) mass is 368 g/mol. The minimum absolute atomic E-state index is 0.0650. The number of hydrogen-bond donors (Lipinski definition) is 1. The van der Waals surface area contributed by atoms with Gasteiger partial charge in [0, 0.05) is 24.7 Å². The van der Waals surface area contributed by atoms with Crippen molar-refractivity contribution < 1.29 is 8.42 Å². The Labute approximate surface area is 149 Å². The molecular formula is C18H16N4O3S.